The molecule has 0 bridgehead atoms. The number of fused-ring (bicyclic) bond motifs is 1. The van der Waals surface area contributed by atoms with Crippen LogP contribution in [0.5, 0.6) is 0 Å². The molecule has 1 aromatic heterocycles. The predicted molar refractivity (Wildman–Crippen MR) is 79.0 cm³/mol. The van der Waals surface area contributed by atoms with Crippen LogP contribution >= 0.6 is 11.6 Å². The fourth-order valence-electron chi connectivity index (χ4n) is 2.09. The van der Waals surface area contributed by atoms with Gasteiger partial charge in [0.15, 0.2) is 0 Å². The molecule has 0 aliphatic rings. The number of hydrogen-bond acceptors (Lipinski definition) is 3. The molecule has 0 spiro atoms. The molecule has 2 aromatic carbocycles. The second-order valence-corrected chi connectivity index (χ2v) is 4.85. The second kappa shape index (κ2) is 5.06. The molecular formula is C15H11ClFN3. The first-order valence-electron chi connectivity index (χ1n) is 6.07. The number of nitrogens with zero attached hydrogens (tertiary/aromatic N) is 2. The van der Waals surface area contributed by atoms with E-state index in [1.807, 2.05) is 25.1 Å². The fraction of sp³-hybridized carbons (Fsp3) is 0.0667. The topological polar surface area (TPSA) is 37.8 Å². The summed E-state index contributed by atoms with van der Waals surface area (Å²) in [5, 5.41) is 4.17. The van der Waals surface area contributed by atoms with E-state index in [2.05, 4.69) is 15.3 Å². The molecule has 0 aliphatic heterocycles. The first-order chi connectivity index (χ1) is 9.65. The van der Waals surface area contributed by atoms with Crippen molar-refractivity contribution in [3.8, 4) is 0 Å². The van der Waals surface area contributed by atoms with Crippen LogP contribution in [0.4, 0.5) is 15.9 Å². The molecule has 3 rings (SSSR count). The van der Waals surface area contributed by atoms with E-state index in [9.17, 15) is 4.39 Å². The molecule has 1 heterocycles. The van der Waals surface area contributed by atoms with Crippen molar-refractivity contribution in [1.29, 1.82) is 0 Å². The first-order valence-corrected chi connectivity index (χ1v) is 6.45. The van der Waals surface area contributed by atoms with Crippen molar-refractivity contribution in [3.63, 3.8) is 0 Å². The second-order valence-electron chi connectivity index (χ2n) is 4.45. The Morgan fingerprint density at radius 2 is 2.00 bits per heavy atom. The van der Waals surface area contributed by atoms with Crippen molar-refractivity contribution >= 4 is 34.0 Å². The van der Waals surface area contributed by atoms with Gasteiger partial charge in [-0.3, -0.25) is 0 Å². The lowest BCUT2D eigenvalue weighted by molar-refractivity contribution is 0.628. The summed E-state index contributed by atoms with van der Waals surface area (Å²) in [5.41, 5.74) is 2.61. The number of rotatable bonds is 2. The zero-order chi connectivity index (χ0) is 14.1. The average Bonchev–Trinajstić information content (AvgIpc) is 2.43. The Balaban J connectivity index is 2.08. The number of anilines is 2. The molecule has 0 fully saturated rings. The molecule has 100 valence electrons. The lowest BCUT2D eigenvalue weighted by Crippen LogP contribution is -1.97. The summed E-state index contributed by atoms with van der Waals surface area (Å²) in [6.45, 7) is 1.99. The molecule has 0 amide bonds. The predicted octanol–water partition coefficient (Wildman–Crippen LogP) is 4.47. The Morgan fingerprint density at radius 3 is 2.80 bits per heavy atom. The zero-order valence-corrected chi connectivity index (χ0v) is 11.4. The molecule has 20 heavy (non-hydrogen) atoms. The molecular weight excluding hydrogens is 277 g/mol. The van der Waals surface area contributed by atoms with Crippen LogP contribution in [0.15, 0.2) is 42.7 Å². The van der Waals surface area contributed by atoms with Gasteiger partial charge in [0.2, 0.25) is 0 Å². The van der Waals surface area contributed by atoms with Crippen LogP contribution in [0.3, 0.4) is 0 Å². The number of aromatic nitrogens is 2. The van der Waals surface area contributed by atoms with Crippen LogP contribution in [0.25, 0.3) is 10.9 Å². The van der Waals surface area contributed by atoms with Gasteiger partial charge in [-0.1, -0.05) is 23.7 Å². The van der Waals surface area contributed by atoms with Crippen molar-refractivity contribution in [2.24, 2.45) is 0 Å². The third-order valence-corrected chi connectivity index (χ3v) is 3.34. The van der Waals surface area contributed by atoms with E-state index < -0.39 is 5.82 Å². The van der Waals surface area contributed by atoms with Crippen molar-refractivity contribution in [2.45, 2.75) is 6.92 Å². The largest absolute Gasteiger partial charge is 0.340 e. The highest BCUT2D eigenvalue weighted by molar-refractivity contribution is 6.31. The van der Waals surface area contributed by atoms with E-state index in [1.54, 1.807) is 6.07 Å². The maximum atomic E-state index is 13.2. The van der Waals surface area contributed by atoms with Crippen LogP contribution in [0.1, 0.15) is 5.56 Å². The number of benzene rings is 2. The SMILES string of the molecule is Cc1cccc2ncnc(Nc3ccc(F)c(Cl)c3)c12. The van der Waals surface area contributed by atoms with Gasteiger partial charge in [-0.2, -0.15) is 0 Å². The molecule has 3 nitrogen and oxygen atoms in total. The van der Waals surface area contributed by atoms with Gasteiger partial charge >= 0.3 is 0 Å². The van der Waals surface area contributed by atoms with Crippen LogP contribution in [0.2, 0.25) is 5.02 Å². The summed E-state index contributed by atoms with van der Waals surface area (Å²) in [7, 11) is 0. The van der Waals surface area contributed by atoms with Crippen molar-refractivity contribution in [1.82, 2.24) is 9.97 Å². The lowest BCUT2D eigenvalue weighted by atomic mass is 10.1. The molecule has 0 unspecified atom stereocenters. The highest BCUT2D eigenvalue weighted by atomic mass is 35.5. The van der Waals surface area contributed by atoms with Crippen LogP contribution in [0, 0.1) is 12.7 Å². The van der Waals surface area contributed by atoms with E-state index in [-0.39, 0.29) is 5.02 Å². The van der Waals surface area contributed by atoms with Gasteiger partial charge in [0, 0.05) is 11.1 Å². The van der Waals surface area contributed by atoms with Gasteiger partial charge < -0.3 is 5.32 Å². The minimum absolute atomic E-state index is 0.0742. The summed E-state index contributed by atoms with van der Waals surface area (Å²) >= 11 is 5.78. The Bertz CT molecular complexity index is 784. The van der Waals surface area contributed by atoms with Crippen molar-refractivity contribution in [2.75, 3.05) is 5.32 Å². The smallest absolute Gasteiger partial charge is 0.141 e. The van der Waals surface area contributed by atoms with Crippen LogP contribution in [-0.2, 0) is 0 Å². The molecule has 5 heteroatoms. The maximum absolute atomic E-state index is 13.2. The van der Waals surface area contributed by atoms with Crippen molar-refractivity contribution in [3.05, 3.63) is 59.1 Å². The summed E-state index contributed by atoms with van der Waals surface area (Å²) in [6, 6.07) is 10.3. The Morgan fingerprint density at radius 1 is 1.15 bits per heavy atom. The minimum Gasteiger partial charge on any atom is -0.340 e. The normalized spacial score (nSPS) is 10.8. The standard InChI is InChI=1S/C15H11ClFN3/c1-9-3-2-4-13-14(9)15(19-8-18-13)20-10-5-6-12(17)11(16)7-10/h2-8H,1H3,(H,18,19,20). The molecule has 3 aromatic rings. The van der Waals surface area contributed by atoms with Gasteiger partial charge in [-0.05, 0) is 36.8 Å². The maximum Gasteiger partial charge on any atom is 0.141 e. The highest BCUT2D eigenvalue weighted by Crippen LogP contribution is 2.27. The van der Waals surface area contributed by atoms with E-state index in [0.717, 1.165) is 16.5 Å². The quantitative estimate of drug-likeness (QED) is 0.755. The summed E-state index contributed by atoms with van der Waals surface area (Å²) in [5.74, 6) is 0.233. The third-order valence-electron chi connectivity index (χ3n) is 3.05. The summed E-state index contributed by atoms with van der Waals surface area (Å²) in [6.07, 6.45) is 1.50. The Labute approximate surface area is 120 Å². The van der Waals surface area contributed by atoms with E-state index >= 15 is 0 Å². The van der Waals surface area contributed by atoms with Gasteiger partial charge in [0.05, 0.1) is 10.5 Å². The lowest BCUT2D eigenvalue weighted by Gasteiger charge is -2.10. The van der Waals surface area contributed by atoms with E-state index in [1.165, 1.54) is 18.5 Å². The van der Waals surface area contributed by atoms with Crippen molar-refractivity contribution < 1.29 is 4.39 Å². The summed E-state index contributed by atoms with van der Waals surface area (Å²) < 4.78 is 13.2. The number of hydrogen-bond donors (Lipinski definition) is 1. The molecule has 0 saturated heterocycles. The highest BCUT2D eigenvalue weighted by Gasteiger charge is 2.07. The third kappa shape index (κ3) is 2.30. The average molecular weight is 288 g/mol. The molecule has 0 radical (unpaired) electrons. The number of nitrogens with one attached hydrogen (secondary N) is 1. The molecule has 1 N–H and O–H groups in total. The van der Waals surface area contributed by atoms with E-state index in [0.29, 0.717) is 11.5 Å². The molecule has 0 aliphatic carbocycles. The van der Waals surface area contributed by atoms with Crippen LogP contribution < -0.4 is 5.32 Å². The molecule has 0 saturated carbocycles. The minimum atomic E-state index is -0.444. The van der Waals surface area contributed by atoms with Gasteiger partial charge in [0.1, 0.15) is 18.0 Å². The number of aryl methyl sites for hydroxylation is 1. The zero-order valence-electron chi connectivity index (χ0n) is 10.7. The Kier molecular flexibility index (Phi) is 3.24. The van der Waals surface area contributed by atoms with E-state index in [4.69, 9.17) is 11.6 Å². The monoisotopic (exact) mass is 287 g/mol. The van der Waals surface area contributed by atoms with Gasteiger partial charge in [0.25, 0.3) is 0 Å². The first kappa shape index (κ1) is 12.8. The summed E-state index contributed by atoms with van der Waals surface area (Å²) in [4.78, 5) is 8.49. The molecule has 0 atom stereocenters. The fourth-order valence-corrected chi connectivity index (χ4v) is 2.27. The van der Waals surface area contributed by atoms with Gasteiger partial charge in [-0.25, -0.2) is 14.4 Å². The van der Waals surface area contributed by atoms with Gasteiger partial charge in [-0.15, -0.1) is 0 Å². The number of halogens is 2. The Hall–Kier alpha value is -2.20. The van der Waals surface area contributed by atoms with Crippen LogP contribution in [-0.4, -0.2) is 9.97 Å².